The van der Waals surface area contributed by atoms with Gasteiger partial charge in [0.05, 0.1) is 21.8 Å². The molecule has 1 aliphatic heterocycles. The van der Waals surface area contributed by atoms with E-state index >= 15 is 0 Å². The molecule has 0 saturated carbocycles. The third-order valence-electron chi connectivity index (χ3n) is 4.11. The molecule has 0 amide bonds. The Bertz CT molecular complexity index is 320. The minimum absolute atomic E-state index is 0.0813. The standard InChI is InChI=1S/C15H31NO3S/c1-14(2,3)20(18)16-12(8-6-10-17)15(4,5)13-9-7-11-19-13/h12-13,16-17H,6-11H2,1-5H3/t12-,13-,20+/m1/s1. The molecule has 0 unspecified atom stereocenters. The van der Waals surface area contributed by atoms with Crippen molar-refractivity contribution in [2.45, 2.75) is 77.2 Å². The fourth-order valence-corrected chi connectivity index (χ4v) is 3.61. The Morgan fingerprint density at radius 2 is 2.00 bits per heavy atom. The quantitative estimate of drug-likeness (QED) is 0.759. The predicted molar refractivity (Wildman–Crippen MR) is 83.9 cm³/mol. The van der Waals surface area contributed by atoms with Crippen LogP contribution in [0.5, 0.6) is 0 Å². The second-order valence-corrected chi connectivity index (χ2v) is 9.24. The molecule has 0 aliphatic carbocycles. The van der Waals surface area contributed by atoms with E-state index in [4.69, 9.17) is 9.84 Å². The first-order chi connectivity index (χ1) is 9.19. The summed E-state index contributed by atoms with van der Waals surface area (Å²) in [5.74, 6) is 0. The highest BCUT2D eigenvalue weighted by molar-refractivity contribution is 7.84. The third kappa shape index (κ3) is 4.79. The van der Waals surface area contributed by atoms with Crippen LogP contribution >= 0.6 is 0 Å². The molecule has 3 atom stereocenters. The lowest BCUT2D eigenvalue weighted by Gasteiger charge is -2.40. The highest BCUT2D eigenvalue weighted by atomic mass is 32.2. The predicted octanol–water partition coefficient (Wildman–Crippen LogP) is 2.38. The van der Waals surface area contributed by atoms with Gasteiger partial charge in [0.2, 0.25) is 0 Å². The fraction of sp³-hybridized carbons (Fsp3) is 1.00. The van der Waals surface area contributed by atoms with E-state index < -0.39 is 11.0 Å². The number of nitrogens with one attached hydrogen (secondary N) is 1. The lowest BCUT2D eigenvalue weighted by molar-refractivity contribution is -0.000899. The van der Waals surface area contributed by atoms with Gasteiger partial charge < -0.3 is 9.84 Å². The van der Waals surface area contributed by atoms with E-state index in [1.165, 1.54) is 0 Å². The molecular formula is C15H31NO3S. The maximum absolute atomic E-state index is 12.4. The minimum atomic E-state index is -1.10. The largest absolute Gasteiger partial charge is 0.396 e. The van der Waals surface area contributed by atoms with Crippen LogP contribution in [0.1, 0.15) is 60.3 Å². The van der Waals surface area contributed by atoms with Crippen molar-refractivity contribution in [2.75, 3.05) is 13.2 Å². The molecule has 1 fully saturated rings. The Morgan fingerprint density at radius 1 is 1.35 bits per heavy atom. The van der Waals surface area contributed by atoms with E-state index in [-0.39, 0.29) is 28.9 Å². The summed E-state index contributed by atoms with van der Waals surface area (Å²) in [6.45, 7) is 11.3. The van der Waals surface area contributed by atoms with Gasteiger partial charge in [-0.25, -0.2) is 8.93 Å². The maximum Gasteiger partial charge on any atom is 0.0972 e. The van der Waals surface area contributed by atoms with Crippen LogP contribution in [0.25, 0.3) is 0 Å². The first kappa shape index (κ1) is 18.1. The monoisotopic (exact) mass is 305 g/mol. The van der Waals surface area contributed by atoms with Gasteiger partial charge in [-0.15, -0.1) is 0 Å². The van der Waals surface area contributed by atoms with Crippen LogP contribution in [0.4, 0.5) is 0 Å². The molecule has 1 rings (SSSR count). The molecule has 1 aliphatic rings. The molecule has 0 spiro atoms. The average molecular weight is 305 g/mol. The summed E-state index contributed by atoms with van der Waals surface area (Å²) in [4.78, 5) is 0. The van der Waals surface area contributed by atoms with Gasteiger partial charge in [0.25, 0.3) is 0 Å². The van der Waals surface area contributed by atoms with Crippen LogP contribution in [0.3, 0.4) is 0 Å². The van der Waals surface area contributed by atoms with Gasteiger partial charge >= 0.3 is 0 Å². The summed E-state index contributed by atoms with van der Waals surface area (Å²) in [7, 11) is -1.10. The highest BCUT2D eigenvalue weighted by Crippen LogP contribution is 2.36. The van der Waals surface area contributed by atoms with Crippen LogP contribution in [0.2, 0.25) is 0 Å². The van der Waals surface area contributed by atoms with Gasteiger partial charge in [0.15, 0.2) is 0 Å². The summed E-state index contributed by atoms with van der Waals surface area (Å²) in [6.07, 6.45) is 3.89. The molecule has 2 N–H and O–H groups in total. The second kappa shape index (κ2) is 7.34. The maximum atomic E-state index is 12.4. The summed E-state index contributed by atoms with van der Waals surface area (Å²) in [5.41, 5.74) is -0.0907. The molecule has 0 bridgehead atoms. The van der Waals surface area contributed by atoms with Crippen LogP contribution in [0.15, 0.2) is 0 Å². The molecule has 20 heavy (non-hydrogen) atoms. The van der Waals surface area contributed by atoms with Gasteiger partial charge in [0.1, 0.15) is 0 Å². The van der Waals surface area contributed by atoms with E-state index in [0.29, 0.717) is 0 Å². The number of aliphatic hydroxyl groups is 1. The Hall–Kier alpha value is 0.0300. The summed E-state index contributed by atoms with van der Waals surface area (Å²) in [5, 5.41) is 9.11. The van der Waals surface area contributed by atoms with Gasteiger partial charge in [-0.1, -0.05) is 13.8 Å². The lowest BCUT2D eigenvalue weighted by Crippen LogP contribution is -2.51. The van der Waals surface area contributed by atoms with Crippen molar-refractivity contribution in [3.8, 4) is 0 Å². The SMILES string of the molecule is CC(C)([C@@H](CCCO)N[S@@](=O)C(C)(C)C)[C@H]1CCCO1. The Kier molecular flexibility index (Phi) is 6.64. The van der Waals surface area contributed by atoms with Crippen molar-refractivity contribution in [2.24, 2.45) is 5.41 Å². The molecule has 0 aromatic heterocycles. The Labute approximate surface area is 126 Å². The Morgan fingerprint density at radius 3 is 2.45 bits per heavy atom. The average Bonchev–Trinajstić information content (AvgIpc) is 2.86. The van der Waals surface area contributed by atoms with Crippen molar-refractivity contribution < 1.29 is 14.1 Å². The van der Waals surface area contributed by atoms with Crippen LogP contribution < -0.4 is 4.72 Å². The third-order valence-corrected chi connectivity index (χ3v) is 5.72. The summed E-state index contributed by atoms with van der Waals surface area (Å²) in [6, 6.07) is 0.0813. The number of hydrogen-bond acceptors (Lipinski definition) is 3. The zero-order valence-corrected chi connectivity index (χ0v) is 14.4. The van der Waals surface area contributed by atoms with E-state index in [9.17, 15) is 4.21 Å². The second-order valence-electron chi connectivity index (χ2n) is 7.24. The van der Waals surface area contributed by atoms with E-state index in [1.807, 2.05) is 20.8 Å². The summed E-state index contributed by atoms with van der Waals surface area (Å²) >= 11 is 0. The van der Waals surface area contributed by atoms with Crippen molar-refractivity contribution >= 4 is 11.0 Å². The topological polar surface area (TPSA) is 58.6 Å². The zero-order chi connectivity index (χ0) is 15.4. The van der Waals surface area contributed by atoms with Gasteiger partial charge in [-0.3, -0.25) is 0 Å². The van der Waals surface area contributed by atoms with Crippen LogP contribution in [0, 0.1) is 5.41 Å². The Balaban J connectivity index is 2.79. The molecule has 5 heteroatoms. The van der Waals surface area contributed by atoms with Crippen molar-refractivity contribution in [1.29, 1.82) is 0 Å². The minimum Gasteiger partial charge on any atom is -0.396 e. The van der Waals surface area contributed by atoms with Crippen LogP contribution in [-0.2, 0) is 15.7 Å². The molecular weight excluding hydrogens is 274 g/mol. The fourth-order valence-electron chi connectivity index (χ4n) is 2.57. The van der Waals surface area contributed by atoms with Crippen LogP contribution in [-0.4, -0.2) is 39.4 Å². The van der Waals surface area contributed by atoms with Crippen molar-refractivity contribution in [3.05, 3.63) is 0 Å². The zero-order valence-electron chi connectivity index (χ0n) is 13.6. The number of aliphatic hydroxyl groups excluding tert-OH is 1. The molecule has 1 saturated heterocycles. The molecule has 1 heterocycles. The molecule has 4 nitrogen and oxygen atoms in total. The lowest BCUT2D eigenvalue weighted by atomic mass is 9.76. The van der Waals surface area contributed by atoms with E-state index in [0.717, 1.165) is 32.3 Å². The number of hydrogen-bond donors (Lipinski definition) is 2. The molecule has 0 radical (unpaired) electrons. The van der Waals surface area contributed by atoms with Crippen molar-refractivity contribution in [1.82, 2.24) is 4.72 Å². The highest BCUT2D eigenvalue weighted by Gasteiger charge is 2.41. The first-order valence-corrected chi connectivity index (χ1v) is 8.75. The van der Waals surface area contributed by atoms with Crippen molar-refractivity contribution in [3.63, 3.8) is 0 Å². The number of rotatable bonds is 7. The van der Waals surface area contributed by atoms with E-state index in [1.54, 1.807) is 0 Å². The number of ether oxygens (including phenoxy) is 1. The summed E-state index contributed by atoms with van der Waals surface area (Å²) < 4.78 is 21.2. The van der Waals surface area contributed by atoms with E-state index in [2.05, 4.69) is 18.6 Å². The normalized spacial score (nSPS) is 23.8. The molecule has 0 aromatic rings. The molecule has 0 aromatic carbocycles. The molecule has 120 valence electrons. The van der Waals surface area contributed by atoms with Gasteiger partial charge in [0, 0.05) is 24.7 Å². The van der Waals surface area contributed by atoms with Gasteiger partial charge in [-0.05, 0) is 46.5 Å². The first-order valence-electron chi connectivity index (χ1n) is 7.60. The smallest absolute Gasteiger partial charge is 0.0972 e. The van der Waals surface area contributed by atoms with Gasteiger partial charge in [-0.2, -0.15) is 0 Å².